The van der Waals surface area contributed by atoms with E-state index in [1.807, 2.05) is 37.3 Å². The molecule has 4 heterocycles. The zero-order valence-corrected chi connectivity index (χ0v) is 15.9. The highest BCUT2D eigenvalue weighted by Gasteiger charge is 2.23. The highest BCUT2D eigenvalue weighted by atomic mass is 16.5. The summed E-state index contributed by atoms with van der Waals surface area (Å²) >= 11 is 0. The zero-order chi connectivity index (χ0) is 19.8. The second-order valence-corrected chi connectivity index (χ2v) is 7.05. The third-order valence-corrected chi connectivity index (χ3v) is 5.14. The maximum Gasteiger partial charge on any atom is 0.253 e. The van der Waals surface area contributed by atoms with Crippen LogP contribution < -0.4 is 10.1 Å². The Balaban J connectivity index is 1.42. The molecule has 0 saturated carbocycles. The van der Waals surface area contributed by atoms with Crippen LogP contribution in [0.3, 0.4) is 0 Å². The number of hydrogen-bond donors (Lipinski definition) is 1. The first kappa shape index (κ1) is 17.4. The topological polar surface area (TPSA) is 81.4 Å². The first-order valence-corrected chi connectivity index (χ1v) is 9.49. The molecule has 4 aromatic rings. The largest absolute Gasteiger partial charge is 0.493 e. The molecule has 7 nitrogen and oxygen atoms in total. The van der Waals surface area contributed by atoms with Crippen LogP contribution >= 0.6 is 0 Å². The molecular weight excluding hydrogens is 366 g/mol. The van der Waals surface area contributed by atoms with Gasteiger partial charge in [0.25, 0.3) is 5.91 Å². The summed E-state index contributed by atoms with van der Waals surface area (Å²) in [6.45, 7) is 2.57. The average molecular weight is 385 g/mol. The number of fused-ring (bicyclic) bond motifs is 2. The van der Waals surface area contributed by atoms with E-state index in [0.29, 0.717) is 23.6 Å². The van der Waals surface area contributed by atoms with Gasteiger partial charge in [-0.3, -0.25) is 9.78 Å². The molecule has 144 valence electrons. The molecule has 0 aliphatic carbocycles. The molecule has 0 unspecified atom stereocenters. The molecular formula is C22H19N5O2. The van der Waals surface area contributed by atoms with Gasteiger partial charge in [0.2, 0.25) is 0 Å². The Labute approximate surface area is 167 Å². The van der Waals surface area contributed by atoms with Gasteiger partial charge in [-0.1, -0.05) is 18.2 Å². The van der Waals surface area contributed by atoms with Crippen LogP contribution in [0, 0.1) is 6.92 Å². The number of aryl methyl sites for hydroxylation is 1. The summed E-state index contributed by atoms with van der Waals surface area (Å²) in [5.74, 6) is 1.27. The lowest BCUT2D eigenvalue weighted by Gasteiger charge is -2.26. The molecule has 3 aromatic heterocycles. The lowest BCUT2D eigenvalue weighted by atomic mass is 10.0. The van der Waals surface area contributed by atoms with Gasteiger partial charge in [0.1, 0.15) is 5.75 Å². The van der Waals surface area contributed by atoms with Crippen LogP contribution in [0.15, 0.2) is 61.1 Å². The average Bonchev–Trinajstić information content (AvgIpc) is 3.17. The van der Waals surface area contributed by atoms with Gasteiger partial charge in [-0.05, 0) is 36.8 Å². The molecule has 0 radical (unpaired) electrons. The Morgan fingerprint density at radius 2 is 2.10 bits per heavy atom. The number of aromatic nitrogens is 4. The van der Waals surface area contributed by atoms with E-state index in [1.165, 1.54) is 0 Å². The number of nitrogens with one attached hydrogen (secondary N) is 1. The minimum atomic E-state index is -0.150. The molecule has 1 amide bonds. The van der Waals surface area contributed by atoms with Crippen LogP contribution in [0.4, 0.5) is 0 Å². The maximum atomic E-state index is 12.9. The molecule has 1 N–H and O–H groups in total. The molecule has 1 aliphatic rings. The number of para-hydroxylation sites is 1. The lowest BCUT2D eigenvalue weighted by Crippen LogP contribution is -2.32. The van der Waals surface area contributed by atoms with Gasteiger partial charge in [-0.15, -0.1) is 5.10 Å². The summed E-state index contributed by atoms with van der Waals surface area (Å²) in [4.78, 5) is 21.6. The van der Waals surface area contributed by atoms with E-state index in [2.05, 4.69) is 20.4 Å². The first-order chi connectivity index (χ1) is 14.2. The van der Waals surface area contributed by atoms with Crippen molar-refractivity contribution in [1.82, 2.24) is 24.9 Å². The van der Waals surface area contributed by atoms with Crippen molar-refractivity contribution in [3.8, 4) is 17.1 Å². The molecule has 0 fully saturated rings. The summed E-state index contributed by atoms with van der Waals surface area (Å²) in [6, 6.07) is 13.2. The minimum absolute atomic E-state index is 0.0764. The molecule has 0 saturated heterocycles. The third kappa shape index (κ3) is 3.20. The number of pyridine rings is 2. The van der Waals surface area contributed by atoms with Gasteiger partial charge >= 0.3 is 0 Å². The van der Waals surface area contributed by atoms with E-state index < -0.39 is 0 Å². The third-order valence-electron chi connectivity index (χ3n) is 5.14. The predicted molar refractivity (Wildman–Crippen MR) is 108 cm³/mol. The molecule has 1 aliphatic heterocycles. The summed E-state index contributed by atoms with van der Waals surface area (Å²) in [5.41, 5.74) is 4.13. The molecule has 1 atom stereocenters. The summed E-state index contributed by atoms with van der Waals surface area (Å²) in [5, 5.41) is 7.65. The Bertz CT molecular complexity index is 1220. The normalized spacial score (nSPS) is 15.6. The van der Waals surface area contributed by atoms with E-state index >= 15 is 0 Å². The van der Waals surface area contributed by atoms with E-state index in [1.54, 1.807) is 35.2 Å². The van der Waals surface area contributed by atoms with Crippen LogP contribution in [0.1, 0.15) is 33.9 Å². The standard InChI is InChI=1S/C22H19N5O2/c1-14-8-10-23-12-17(14)21-25-20-7-6-15(13-27(20)26-21)22(28)24-18-9-11-29-19-5-3-2-4-16(18)19/h2-8,10,12-13,18H,9,11H2,1H3,(H,24,28)/t18-/m0/s1. The Morgan fingerprint density at radius 1 is 1.21 bits per heavy atom. The minimum Gasteiger partial charge on any atom is -0.493 e. The lowest BCUT2D eigenvalue weighted by molar-refractivity contribution is 0.0924. The van der Waals surface area contributed by atoms with Crippen LogP contribution in [0.5, 0.6) is 5.75 Å². The number of nitrogens with zero attached hydrogens (tertiary/aromatic N) is 4. The van der Waals surface area contributed by atoms with Crippen LogP contribution in [-0.4, -0.2) is 32.1 Å². The van der Waals surface area contributed by atoms with Crippen molar-refractivity contribution in [2.24, 2.45) is 0 Å². The molecule has 29 heavy (non-hydrogen) atoms. The van der Waals surface area contributed by atoms with E-state index in [0.717, 1.165) is 28.9 Å². The second kappa shape index (κ2) is 7.01. The fourth-order valence-corrected chi connectivity index (χ4v) is 3.56. The van der Waals surface area contributed by atoms with Crippen molar-refractivity contribution in [2.45, 2.75) is 19.4 Å². The molecule has 0 bridgehead atoms. The second-order valence-electron chi connectivity index (χ2n) is 7.05. The van der Waals surface area contributed by atoms with E-state index in [4.69, 9.17) is 4.74 Å². The maximum absolute atomic E-state index is 12.9. The number of ether oxygens (including phenoxy) is 1. The predicted octanol–water partition coefficient (Wildman–Crippen LogP) is 3.35. The number of amides is 1. The van der Waals surface area contributed by atoms with Crippen molar-refractivity contribution in [1.29, 1.82) is 0 Å². The quantitative estimate of drug-likeness (QED) is 0.585. The van der Waals surface area contributed by atoms with Gasteiger partial charge in [-0.2, -0.15) is 0 Å². The van der Waals surface area contributed by atoms with Gasteiger partial charge in [0, 0.05) is 36.1 Å². The Hall–Kier alpha value is -3.74. The number of carbonyl (C=O) groups excluding carboxylic acids is 1. The molecule has 7 heteroatoms. The molecule has 0 spiro atoms. The Morgan fingerprint density at radius 3 is 3.00 bits per heavy atom. The fraction of sp³-hybridized carbons (Fsp3) is 0.182. The number of carbonyl (C=O) groups is 1. The van der Waals surface area contributed by atoms with Gasteiger partial charge < -0.3 is 10.1 Å². The highest BCUT2D eigenvalue weighted by molar-refractivity contribution is 5.94. The van der Waals surface area contributed by atoms with Gasteiger partial charge in [-0.25, -0.2) is 9.50 Å². The fourth-order valence-electron chi connectivity index (χ4n) is 3.56. The van der Waals surface area contributed by atoms with Crippen molar-refractivity contribution in [3.05, 3.63) is 77.7 Å². The number of hydrogen-bond acceptors (Lipinski definition) is 5. The zero-order valence-electron chi connectivity index (χ0n) is 15.9. The van der Waals surface area contributed by atoms with Crippen molar-refractivity contribution in [2.75, 3.05) is 6.61 Å². The highest BCUT2D eigenvalue weighted by Crippen LogP contribution is 2.31. The number of benzene rings is 1. The van der Waals surface area contributed by atoms with E-state index in [9.17, 15) is 4.79 Å². The SMILES string of the molecule is Cc1ccncc1-c1nc2ccc(C(=O)N[C@H]3CCOc4ccccc43)cn2n1. The van der Waals surface area contributed by atoms with Crippen molar-refractivity contribution in [3.63, 3.8) is 0 Å². The van der Waals surface area contributed by atoms with Crippen LogP contribution in [0.2, 0.25) is 0 Å². The molecule has 1 aromatic carbocycles. The summed E-state index contributed by atoms with van der Waals surface area (Å²) in [6.07, 6.45) is 5.93. The van der Waals surface area contributed by atoms with Crippen molar-refractivity contribution >= 4 is 11.6 Å². The van der Waals surface area contributed by atoms with Gasteiger partial charge in [0.05, 0.1) is 18.2 Å². The Kier molecular flexibility index (Phi) is 4.20. The van der Waals surface area contributed by atoms with Crippen LogP contribution in [-0.2, 0) is 0 Å². The smallest absolute Gasteiger partial charge is 0.253 e. The first-order valence-electron chi connectivity index (χ1n) is 9.49. The van der Waals surface area contributed by atoms with Crippen LogP contribution in [0.25, 0.3) is 17.0 Å². The van der Waals surface area contributed by atoms with E-state index in [-0.39, 0.29) is 11.9 Å². The van der Waals surface area contributed by atoms with Crippen molar-refractivity contribution < 1.29 is 9.53 Å². The molecule has 5 rings (SSSR count). The summed E-state index contributed by atoms with van der Waals surface area (Å²) < 4.78 is 7.31. The number of rotatable bonds is 3. The summed E-state index contributed by atoms with van der Waals surface area (Å²) in [7, 11) is 0. The monoisotopic (exact) mass is 385 g/mol. The van der Waals surface area contributed by atoms with Gasteiger partial charge in [0.15, 0.2) is 11.5 Å².